The second-order valence-electron chi connectivity index (χ2n) is 10.0. The molecule has 0 heterocycles. The van der Waals surface area contributed by atoms with Crippen LogP contribution in [0.5, 0.6) is 0 Å². The van der Waals surface area contributed by atoms with E-state index in [0.29, 0.717) is 0 Å². The van der Waals surface area contributed by atoms with Gasteiger partial charge in [0, 0.05) is 0 Å². The van der Waals surface area contributed by atoms with Gasteiger partial charge in [0.15, 0.2) is 0 Å². The van der Waals surface area contributed by atoms with Gasteiger partial charge in [-0.05, 0) is 19.3 Å². The molecule has 0 radical (unpaired) electrons. The molecule has 6 rings (SSSR count). The number of benzene rings is 4. The van der Waals surface area contributed by atoms with Crippen LogP contribution in [0.3, 0.4) is 0 Å². The van der Waals surface area contributed by atoms with Crippen molar-refractivity contribution in [3.8, 4) is 0 Å². The molecule has 0 saturated carbocycles. The van der Waals surface area contributed by atoms with E-state index in [1.54, 1.807) is 5.56 Å². The standard InChI is InChI=1S/C24H25.C13H10.2ClH.Zr/c1-3-9-19-15-20(10-4-2)24-21-14-8-7-13-18(21)16-22(24)23(19)17-11-5-6-12-17;1-3-7-12(8-4-1)11-13-9-5-2-6-10-13;;;/h5-8,11,13-16H,3-4,9-10,12H2,1-2H3;1-10H;2*1H;/q-1;;;;+2/p-2. The van der Waals surface area contributed by atoms with Crippen molar-refractivity contribution in [2.24, 2.45) is 0 Å². The minimum atomic E-state index is 0. The average Bonchev–Trinajstić information content (AvgIpc) is 3.63. The molecule has 5 aromatic rings. The number of hydrogen-bond acceptors (Lipinski definition) is 0. The van der Waals surface area contributed by atoms with E-state index >= 15 is 0 Å². The Balaban J connectivity index is 0.000000238. The molecule has 0 aliphatic heterocycles. The van der Waals surface area contributed by atoms with Crippen LogP contribution in [0.2, 0.25) is 0 Å². The fraction of sp³-hybridized carbons (Fsp3) is 0.189. The van der Waals surface area contributed by atoms with Gasteiger partial charge in [-0.2, -0.15) is 0 Å². The average molecular weight is 642 g/mol. The Bertz CT molecular complexity index is 1570. The molecule has 3 heteroatoms. The van der Waals surface area contributed by atoms with Gasteiger partial charge in [0.1, 0.15) is 0 Å². The predicted molar refractivity (Wildman–Crippen MR) is 163 cm³/mol. The molecule has 5 aromatic carbocycles. The predicted octanol–water partition coefficient (Wildman–Crippen LogP) is 3.77. The Morgan fingerprint density at radius 3 is 1.90 bits per heavy atom. The van der Waals surface area contributed by atoms with Crippen LogP contribution in [0, 0.1) is 0 Å². The second-order valence-corrected chi connectivity index (χ2v) is 11.3. The monoisotopic (exact) mass is 639 g/mol. The van der Waals surface area contributed by atoms with Gasteiger partial charge < -0.3 is 24.8 Å². The Morgan fingerprint density at radius 1 is 0.750 bits per heavy atom. The number of halogens is 2. The summed E-state index contributed by atoms with van der Waals surface area (Å²) in [4.78, 5) is 0. The summed E-state index contributed by atoms with van der Waals surface area (Å²) in [5.74, 6) is 0. The number of rotatable bonds is 7. The zero-order valence-corrected chi connectivity index (χ0v) is 27.2. The zero-order valence-electron chi connectivity index (χ0n) is 23.3. The van der Waals surface area contributed by atoms with Crippen molar-refractivity contribution in [3.05, 3.63) is 143 Å². The molecule has 0 N–H and O–H groups in total. The first-order valence-electron chi connectivity index (χ1n) is 13.9. The topological polar surface area (TPSA) is 0 Å². The summed E-state index contributed by atoms with van der Waals surface area (Å²) in [6.07, 6.45) is 12.6. The van der Waals surface area contributed by atoms with E-state index in [1.807, 2.05) is 0 Å². The Hall–Kier alpha value is -2.44. The van der Waals surface area contributed by atoms with Crippen molar-refractivity contribution in [2.75, 3.05) is 0 Å². The molecule has 0 aromatic heterocycles. The van der Waals surface area contributed by atoms with Gasteiger partial charge in [-0.1, -0.05) is 91.4 Å². The number of hydrogen-bond donors (Lipinski definition) is 0. The third-order valence-corrected chi connectivity index (χ3v) is 8.73. The van der Waals surface area contributed by atoms with Gasteiger partial charge in [-0.25, -0.2) is 0 Å². The first-order valence-corrected chi connectivity index (χ1v) is 15.1. The summed E-state index contributed by atoms with van der Waals surface area (Å²) in [7, 11) is 0. The molecule has 0 bridgehead atoms. The quantitative estimate of drug-likeness (QED) is 0.238. The molecule has 0 amide bonds. The van der Waals surface area contributed by atoms with Crippen molar-refractivity contribution in [2.45, 2.75) is 46.0 Å². The van der Waals surface area contributed by atoms with Gasteiger partial charge in [0.2, 0.25) is 0 Å². The summed E-state index contributed by atoms with van der Waals surface area (Å²) >= 11 is 1.46. The first kappa shape index (κ1) is 32.1. The molecular weight excluding hydrogens is 607 g/mol. The van der Waals surface area contributed by atoms with Crippen LogP contribution in [0.4, 0.5) is 0 Å². The van der Waals surface area contributed by atoms with Gasteiger partial charge in [-0.3, -0.25) is 0 Å². The molecule has 1 aliphatic carbocycles. The molecule has 40 heavy (non-hydrogen) atoms. The second kappa shape index (κ2) is 15.5. The van der Waals surface area contributed by atoms with E-state index < -0.39 is 0 Å². The maximum atomic E-state index is 2.51. The fourth-order valence-corrected chi connectivity index (χ4v) is 6.43. The van der Waals surface area contributed by atoms with Crippen molar-refractivity contribution < 1.29 is 49.0 Å². The zero-order chi connectivity index (χ0) is 26.3. The Labute approximate surface area is 266 Å². The van der Waals surface area contributed by atoms with E-state index in [0.717, 1.165) is 6.42 Å². The Morgan fingerprint density at radius 2 is 1.32 bits per heavy atom. The molecular formula is C37H35Cl2Zr-. The van der Waals surface area contributed by atoms with Crippen LogP contribution < -0.4 is 24.8 Å². The Kier molecular flexibility index (Phi) is 12.5. The summed E-state index contributed by atoms with van der Waals surface area (Å²) in [5.41, 5.74) is 8.73. The third-order valence-electron chi connectivity index (χ3n) is 7.32. The van der Waals surface area contributed by atoms with Gasteiger partial charge in [0.25, 0.3) is 0 Å². The SMILES string of the molecule is CCCc1cc(CCC)c2c([cH-]c3ccccc32)c1C1=CC=CC1.[Cl-].[Cl-].[Zr+2]=[C](c1ccccc1)c1ccccc1. The molecule has 0 saturated heterocycles. The minimum absolute atomic E-state index is 0. The van der Waals surface area contributed by atoms with Crippen LogP contribution in [0.25, 0.3) is 27.1 Å². The molecule has 0 spiro atoms. The molecule has 0 nitrogen and oxygen atoms in total. The molecule has 202 valence electrons. The molecule has 1 aliphatic rings. The summed E-state index contributed by atoms with van der Waals surface area (Å²) in [6.45, 7) is 4.57. The van der Waals surface area contributed by atoms with E-state index in [2.05, 4.69) is 129 Å². The summed E-state index contributed by atoms with van der Waals surface area (Å²) in [6, 6.07) is 34.9. The van der Waals surface area contributed by atoms with Crippen LogP contribution in [0.1, 0.15) is 60.9 Å². The van der Waals surface area contributed by atoms with Gasteiger partial charge in [-0.15, -0.1) is 33.7 Å². The van der Waals surface area contributed by atoms with Crippen molar-refractivity contribution in [3.63, 3.8) is 0 Å². The third kappa shape index (κ3) is 7.06. The number of allylic oxidation sites excluding steroid dienone is 4. The van der Waals surface area contributed by atoms with Crippen molar-refractivity contribution >= 4 is 30.3 Å². The first-order chi connectivity index (χ1) is 18.7. The van der Waals surface area contributed by atoms with E-state index in [1.165, 1.54) is 102 Å². The van der Waals surface area contributed by atoms with Gasteiger partial charge in [0.05, 0.1) is 0 Å². The number of aryl methyl sites for hydroxylation is 2. The van der Waals surface area contributed by atoms with E-state index in [4.69, 9.17) is 0 Å². The summed E-state index contributed by atoms with van der Waals surface area (Å²) < 4.78 is 1.42. The van der Waals surface area contributed by atoms with Crippen LogP contribution in [0.15, 0.2) is 115 Å². The molecule has 0 fully saturated rings. The van der Waals surface area contributed by atoms with Crippen LogP contribution in [-0.2, 0) is 37.1 Å². The normalized spacial score (nSPS) is 11.8. The van der Waals surface area contributed by atoms with Gasteiger partial charge >= 0.3 is 99.2 Å². The van der Waals surface area contributed by atoms with Crippen LogP contribution >= 0.6 is 0 Å². The molecule has 0 unspecified atom stereocenters. The van der Waals surface area contributed by atoms with Crippen molar-refractivity contribution in [1.82, 2.24) is 0 Å². The number of fused-ring (bicyclic) bond motifs is 3. The van der Waals surface area contributed by atoms with E-state index in [-0.39, 0.29) is 24.8 Å². The fourth-order valence-electron chi connectivity index (χ4n) is 5.62. The summed E-state index contributed by atoms with van der Waals surface area (Å²) in [5, 5.41) is 5.77. The van der Waals surface area contributed by atoms with Crippen LogP contribution in [-0.4, -0.2) is 3.21 Å². The van der Waals surface area contributed by atoms with Crippen molar-refractivity contribution in [1.29, 1.82) is 0 Å². The maximum absolute atomic E-state index is 2.51. The van der Waals surface area contributed by atoms with E-state index in [9.17, 15) is 0 Å². The molecule has 0 atom stereocenters.